The summed E-state index contributed by atoms with van der Waals surface area (Å²) in [5.41, 5.74) is 0. The molecule has 166 valence electrons. The first-order valence-corrected chi connectivity index (χ1v) is 9.55. The van der Waals surface area contributed by atoms with Crippen molar-refractivity contribution in [1.29, 1.82) is 0 Å². The molecule has 2 fully saturated rings. The first kappa shape index (κ1) is 23.8. The van der Waals surface area contributed by atoms with E-state index in [2.05, 4.69) is 0 Å². The summed E-state index contributed by atoms with van der Waals surface area (Å²) < 4.78 is 21.9. The molecule has 11 heteroatoms. The minimum Gasteiger partial charge on any atom is -0.394 e. The van der Waals surface area contributed by atoms with E-state index in [0.717, 1.165) is 12.8 Å². The van der Waals surface area contributed by atoms with Gasteiger partial charge >= 0.3 is 0 Å². The SMILES string of the molecule is CCCCCOC1OC(CO)C(O)C(O)C1OC1OC(CO)C(O)C(O)C1O. The van der Waals surface area contributed by atoms with Crippen molar-refractivity contribution in [3.63, 3.8) is 0 Å². The van der Waals surface area contributed by atoms with E-state index in [-0.39, 0.29) is 6.61 Å². The number of unbranched alkanes of at least 4 members (excludes halogenated alkanes) is 2. The molecular formula is C17H32O11. The van der Waals surface area contributed by atoms with Crippen LogP contribution >= 0.6 is 0 Å². The molecule has 0 aromatic carbocycles. The van der Waals surface area contributed by atoms with Crippen LogP contribution in [-0.4, -0.2) is 117 Å². The highest BCUT2D eigenvalue weighted by molar-refractivity contribution is 4.93. The van der Waals surface area contributed by atoms with Crippen LogP contribution in [0.2, 0.25) is 0 Å². The lowest BCUT2D eigenvalue weighted by atomic mass is 9.97. The molecule has 0 aliphatic carbocycles. The van der Waals surface area contributed by atoms with Gasteiger partial charge in [0.05, 0.1) is 13.2 Å². The van der Waals surface area contributed by atoms with Crippen molar-refractivity contribution >= 4 is 0 Å². The summed E-state index contributed by atoms with van der Waals surface area (Å²) in [6.45, 7) is 1.10. The Morgan fingerprint density at radius 3 is 1.86 bits per heavy atom. The Labute approximate surface area is 163 Å². The zero-order chi connectivity index (χ0) is 20.8. The molecule has 0 spiro atoms. The Bertz CT molecular complexity index is 451. The lowest BCUT2D eigenvalue weighted by Crippen LogP contribution is -2.64. The fourth-order valence-corrected chi connectivity index (χ4v) is 3.22. The monoisotopic (exact) mass is 412 g/mol. The summed E-state index contributed by atoms with van der Waals surface area (Å²) in [6, 6.07) is 0. The predicted octanol–water partition coefficient (Wildman–Crippen LogP) is -3.18. The quantitative estimate of drug-likeness (QED) is 0.190. The topological polar surface area (TPSA) is 179 Å². The average molecular weight is 412 g/mol. The molecule has 0 amide bonds. The highest BCUT2D eigenvalue weighted by atomic mass is 16.8. The molecule has 0 bridgehead atoms. The summed E-state index contributed by atoms with van der Waals surface area (Å²) >= 11 is 0. The first-order chi connectivity index (χ1) is 13.3. The van der Waals surface area contributed by atoms with Gasteiger partial charge in [-0.2, -0.15) is 0 Å². The van der Waals surface area contributed by atoms with Gasteiger partial charge in [0.15, 0.2) is 12.6 Å². The summed E-state index contributed by atoms with van der Waals surface area (Å²) in [7, 11) is 0. The lowest BCUT2D eigenvalue weighted by molar-refractivity contribution is -0.367. The zero-order valence-electron chi connectivity index (χ0n) is 15.8. The third kappa shape index (κ3) is 5.37. The number of ether oxygens (including phenoxy) is 4. The second kappa shape index (κ2) is 11.1. The van der Waals surface area contributed by atoms with Gasteiger partial charge in [0.2, 0.25) is 0 Å². The molecular weight excluding hydrogens is 380 g/mol. The Morgan fingerprint density at radius 1 is 0.714 bits per heavy atom. The second-order valence-electron chi connectivity index (χ2n) is 7.08. The molecule has 0 aromatic heterocycles. The Hall–Kier alpha value is -0.440. The molecule has 0 saturated carbocycles. The van der Waals surface area contributed by atoms with Crippen molar-refractivity contribution < 1.29 is 54.7 Å². The maximum absolute atomic E-state index is 10.4. The van der Waals surface area contributed by atoms with E-state index in [9.17, 15) is 35.7 Å². The summed E-state index contributed by atoms with van der Waals surface area (Å²) in [5.74, 6) is 0. The van der Waals surface area contributed by atoms with Gasteiger partial charge in [-0.05, 0) is 6.42 Å². The summed E-state index contributed by atoms with van der Waals surface area (Å²) in [4.78, 5) is 0. The molecule has 0 radical (unpaired) electrons. The van der Waals surface area contributed by atoms with Gasteiger partial charge in [0, 0.05) is 6.61 Å². The van der Waals surface area contributed by atoms with Crippen LogP contribution in [0.15, 0.2) is 0 Å². The molecule has 10 atom stereocenters. The number of rotatable bonds is 9. The number of aliphatic hydroxyl groups excluding tert-OH is 7. The van der Waals surface area contributed by atoms with Crippen molar-refractivity contribution in [2.24, 2.45) is 0 Å². The minimum atomic E-state index is -1.68. The third-order valence-corrected chi connectivity index (χ3v) is 4.99. The first-order valence-electron chi connectivity index (χ1n) is 9.55. The van der Waals surface area contributed by atoms with Crippen molar-refractivity contribution in [3.8, 4) is 0 Å². The van der Waals surface area contributed by atoms with E-state index < -0.39 is 74.6 Å². The molecule has 11 nitrogen and oxygen atoms in total. The van der Waals surface area contributed by atoms with E-state index in [1.54, 1.807) is 0 Å². The van der Waals surface area contributed by atoms with Gasteiger partial charge in [0.25, 0.3) is 0 Å². The van der Waals surface area contributed by atoms with Crippen LogP contribution in [-0.2, 0) is 18.9 Å². The largest absolute Gasteiger partial charge is 0.394 e. The highest BCUT2D eigenvalue weighted by Crippen LogP contribution is 2.29. The fraction of sp³-hybridized carbons (Fsp3) is 1.00. The lowest BCUT2D eigenvalue weighted by Gasteiger charge is -2.45. The smallest absolute Gasteiger partial charge is 0.187 e. The standard InChI is InChI=1S/C17H32O11/c1-2-3-4-5-25-17-15(13(23)11(21)9(7-19)27-17)28-16-14(24)12(22)10(20)8(6-18)26-16/h8-24H,2-7H2,1H3. The maximum atomic E-state index is 10.4. The van der Waals surface area contributed by atoms with Crippen molar-refractivity contribution in [3.05, 3.63) is 0 Å². The fourth-order valence-electron chi connectivity index (χ4n) is 3.22. The van der Waals surface area contributed by atoms with Crippen LogP contribution in [0.3, 0.4) is 0 Å². The Balaban J connectivity index is 2.10. The van der Waals surface area contributed by atoms with E-state index in [0.29, 0.717) is 6.42 Å². The molecule has 10 unspecified atom stereocenters. The predicted molar refractivity (Wildman–Crippen MR) is 91.9 cm³/mol. The van der Waals surface area contributed by atoms with E-state index in [4.69, 9.17) is 18.9 Å². The number of hydrogen-bond donors (Lipinski definition) is 7. The van der Waals surface area contributed by atoms with Crippen molar-refractivity contribution in [2.75, 3.05) is 19.8 Å². The van der Waals surface area contributed by atoms with Gasteiger partial charge in [0.1, 0.15) is 48.8 Å². The number of aliphatic hydroxyl groups is 7. The summed E-state index contributed by atoms with van der Waals surface area (Å²) in [5, 5.41) is 69.0. The van der Waals surface area contributed by atoms with Crippen LogP contribution in [0.25, 0.3) is 0 Å². The van der Waals surface area contributed by atoms with E-state index in [1.165, 1.54) is 0 Å². The number of hydrogen-bond acceptors (Lipinski definition) is 11. The highest BCUT2D eigenvalue weighted by Gasteiger charge is 2.50. The van der Waals surface area contributed by atoms with Crippen LogP contribution in [0.4, 0.5) is 0 Å². The molecule has 28 heavy (non-hydrogen) atoms. The summed E-state index contributed by atoms with van der Waals surface area (Å²) in [6.07, 6.45) is -11.7. The van der Waals surface area contributed by atoms with Crippen LogP contribution in [0, 0.1) is 0 Å². The normalized spacial score (nSPS) is 44.6. The Kier molecular flexibility index (Phi) is 9.44. The van der Waals surface area contributed by atoms with Crippen LogP contribution in [0.1, 0.15) is 26.2 Å². The molecule has 0 aromatic rings. The van der Waals surface area contributed by atoms with Gasteiger partial charge in [-0.3, -0.25) is 0 Å². The van der Waals surface area contributed by atoms with Gasteiger partial charge in [-0.25, -0.2) is 0 Å². The Morgan fingerprint density at radius 2 is 1.29 bits per heavy atom. The molecule has 2 saturated heterocycles. The molecule has 7 N–H and O–H groups in total. The van der Waals surface area contributed by atoms with E-state index >= 15 is 0 Å². The van der Waals surface area contributed by atoms with Crippen LogP contribution in [0.5, 0.6) is 0 Å². The molecule has 2 aliphatic heterocycles. The minimum absolute atomic E-state index is 0.272. The zero-order valence-corrected chi connectivity index (χ0v) is 15.8. The average Bonchev–Trinajstić information content (AvgIpc) is 2.70. The molecule has 2 rings (SSSR count). The van der Waals surface area contributed by atoms with E-state index in [1.807, 2.05) is 6.92 Å². The van der Waals surface area contributed by atoms with Gasteiger partial charge in [-0.1, -0.05) is 19.8 Å². The second-order valence-corrected chi connectivity index (χ2v) is 7.08. The van der Waals surface area contributed by atoms with Gasteiger partial charge in [-0.15, -0.1) is 0 Å². The van der Waals surface area contributed by atoms with Crippen LogP contribution < -0.4 is 0 Å². The maximum Gasteiger partial charge on any atom is 0.187 e. The third-order valence-electron chi connectivity index (χ3n) is 4.99. The van der Waals surface area contributed by atoms with Crippen molar-refractivity contribution in [2.45, 2.75) is 87.6 Å². The molecule has 2 heterocycles. The van der Waals surface area contributed by atoms with Crippen molar-refractivity contribution in [1.82, 2.24) is 0 Å². The van der Waals surface area contributed by atoms with Gasteiger partial charge < -0.3 is 54.7 Å². The molecule has 2 aliphatic rings.